The third-order valence-corrected chi connectivity index (χ3v) is 4.61. The molecule has 0 aliphatic rings. The maximum atomic E-state index is 11.8. The molecule has 0 atom stereocenters. The van der Waals surface area contributed by atoms with E-state index >= 15 is 0 Å². The van der Waals surface area contributed by atoms with Crippen molar-refractivity contribution in [2.24, 2.45) is 0 Å². The molecule has 2 aromatic rings. The van der Waals surface area contributed by atoms with Crippen LogP contribution >= 0.6 is 23.6 Å². The first-order valence-electron chi connectivity index (χ1n) is 7.69. The SMILES string of the molecule is CCc1cccc(C)c1NC(=S)NNC(=O)/C=C/c1ccc(C)s1. The molecular weight excluding hydrogens is 338 g/mol. The molecule has 3 N–H and O–H groups in total. The molecule has 1 heterocycles. The fourth-order valence-corrected chi connectivity index (χ4v) is 3.14. The largest absolute Gasteiger partial charge is 0.331 e. The Hall–Kier alpha value is -2.18. The summed E-state index contributed by atoms with van der Waals surface area (Å²) in [5.74, 6) is -0.259. The number of nitrogens with one attached hydrogen (secondary N) is 3. The first-order chi connectivity index (χ1) is 11.5. The van der Waals surface area contributed by atoms with Gasteiger partial charge in [-0.15, -0.1) is 11.3 Å². The topological polar surface area (TPSA) is 53.2 Å². The molecule has 0 fully saturated rings. The molecule has 4 nitrogen and oxygen atoms in total. The lowest BCUT2D eigenvalue weighted by Gasteiger charge is -2.15. The van der Waals surface area contributed by atoms with Crippen LogP contribution in [-0.4, -0.2) is 11.0 Å². The number of thiocarbonyl (C=S) groups is 1. The Morgan fingerprint density at radius 3 is 2.67 bits per heavy atom. The fraction of sp³-hybridized carbons (Fsp3) is 0.222. The number of hydrogen-bond donors (Lipinski definition) is 3. The van der Waals surface area contributed by atoms with Gasteiger partial charge in [-0.25, -0.2) is 0 Å². The summed E-state index contributed by atoms with van der Waals surface area (Å²) < 4.78 is 0. The summed E-state index contributed by atoms with van der Waals surface area (Å²) in [4.78, 5) is 14.1. The molecule has 1 aromatic carbocycles. The van der Waals surface area contributed by atoms with Gasteiger partial charge in [0.25, 0.3) is 5.91 Å². The van der Waals surface area contributed by atoms with Gasteiger partial charge in [-0.3, -0.25) is 15.6 Å². The van der Waals surface area contributed by atoms with Gasteiger partial charge in [0.2, 0.25) is 0 Å². The molecule has 0 spiro atoms. The number of thiophene rings is 1. The van der Waals surface area contributed by atoms with Crippen LogP contribution in [0.5, 0.6) is 0 Å². The van der Waals surface area contributed by atoms with E-state index < -0.39 is 0 Å². The summed E-state index contributed by atoms with van der Waals surface area (Å²) in [6.07, 6.45) is 4.16. The number of carbonyl (C=O) groups is 1. The molecule has 0 unspecified atom stereocenters. The number of hydrogen-bond acceptors (Lipinski definition) is 3. The average molecular weight is 360 g/mol. The maximum Gasteiger partial charge on any atom is 0.262 e. The summed E-state index contributed by atoms with van der Waals surface area (Å²) in [7, 11) is 0. The van der Waals surface area contributed by atoms with Gasteiger partial charge in [0.15, 0.2) is 5.11 Å². The van der Waals surface area contributed by atoms with E-state index in [0.29, 0.717) is 5.11 Å². The first kappa shape index (κ1) is 18.2. The van der Waals surface area contributed by atoms with Crippen LogP contribution < -0.4 is 16.2 Å². The van der Waals surface area contributed by atoms with Gasteiger partial charge < -0.3 is 5.32 Å². The highest BCUT2D eigenvalue weighted by atomic mass is 32.1. The number of aryl methyl sites for hydroxylation is 3. The van der Waals surface area contributed by atoms with Gasteiger partial charge in [0.05, 0.1) is 0 Å². The van der Waals surface area contributed by atoms with E-state index in [-0.39, 0.29) is 5.91 Å². The van der Waals surface area contributed by atoms with Crippen molar-refractivity contribution in [1.82, 2.24) is 10.9 Å². The molecule has 0 saturated heterocycles. The second-order valence-corrected chi connectivity index (χ2v) is 7.04. The van der Waals surface area contributed by atoms with Crippen LogP contribution in [0.25, 0.3) is 6.08 Å². The van der Waals surface area contributed by atoms with Crippen molar-refractivity contribution in [3.63, 3.8) is 0 Å². The van der Waals surface area contributed by atoms with Crippen molar-refractivity contribution >= 4 is 46.3 Å². The minimum absolute atomic E-state index is 0.259. The Morgan fingerprint density at radius 1 is 1.21 bits per heavy atom. The molecule has 0 aliphatic carbocycles. The van der Waals surface area contributed by atoms with Gasteiger partial charge in [0.1, 0.15) is 0 Å². The minimum Gasteiger partial charge on any atom is -0.331 e. The first-order valence-corrected chi connectivity index (χ1v) is 8.92. The third kappa shape index (κ3) is 5.18. The minimum atomic E-state index is -0.259. The Labute approximate surface area is 151 Å². The molecule has 1 aromatic heterocycles. The lowest BCUT2D eigenvalue weighted by atomic mass is 10.1. The molecule has 0 aliphatic heterocycles. The van der Waals surface area contributed by atoms with Crippen molar-refractivity contribution in [3.8, 4) is 0 Å². The monoisotopic (exact) mass is 359 g/mol. The van der Waals surface area contributed by atoms with E-state index in [4.69, 9.17) is 12.2 Å². The van der Waals surface area contributed by atoms with E-state index in [9.17, 15) is 4.79 Å². The zero-order valence-electron chi connectivity index (χ0n) is 14.0. The Kier molecular flexibility index (Phi) is 6.52. The Balaban J connectivity index is 1.87. The van der Waals surface area contributed by atoms with Crippen molar-refractivity contribution in [2.75, 3.05) is 5.32 Å². The Bertz CT molecular complexity index is 765. The summed E-state index contributed by atoms with van der Waals surface area (Å²) >= 11 is 6.88. The van der Waals surface area contributed by atoms with E-state index in [0.717, 1.165) is 22.5 Å². The van der Waals surface area contributed by atoms with Crippen LogP contribution in [0.2, 0.25) is 0 Å². The smallest absolute Gasteiger partial charge is 0.262 e. The second kappa shape index (κ2) is 8.61. The number of carbonyl (C=O) groups excluding carboxylic acids is 1. The van der Waals surface area contributed by atoms with Crippen LogP contribution in [0.4, 0.5) is 5.69 Å². The van der Waals surface area contributed by atoms with E-state index in [1.54, 1.807) is 17.4 Å². The summed E-state index contributed by atoms with van der Waals surface area (Å²) in [6.45, 7) is 6.15. The lowest BCUT2D eigenvalue weighted by Crippen LogP contribution is -2.43. The molecule has 0 saturated carbocycles. The number of para-hydroxylation sites is 1. The fourth-order valence-electron chi connectivity index (χ4n) is 2.21. The molecule has 2 rings (SSSR count). The molecule has 6 heteroatoms. The lowest BCUT2D eigenvalue weighted by molar-refractivity contribution is -0.116. The normalized spacial score (nSPS) is 10.6. The van der Waals surface area contributed by atoms with Gasteiger partial charge >= 0.3 is 0 Å². The van der Waals surface area contributed by atoms with Crippen molar-refractivity contribution in [3.05, 3.63) is 57.3 Å². The molecule has 24 heavy (non-hydrogen) atoms. The van der Waals surface area contributed by atoms with E-state index in [2.05, 4.69) is 29.2 Å². The van der Waals surface area contributed by atoms with Gasteiger partial charge in [-0.1, -0.05) is 25.1 Å². The summed E-state index contributed by atoms with van der Waals surface area (Å²) in [5.41, 5.74) is 8.56. The van der Waals surface area contributed by atoms with Crippen LogP contribution in [0.1, 0.15) is 27.8 Å². The van der Waals surface area contributed by atoms with Crippen molar-refractivity contribution in [2.45, 2.75) is 27.2 Å². The highest BCUT2D eigenvalue weighted by Crippen LogP contribution is 2.20. The standard InChI is InChI=1S/C18H21N3OS2/c1-4-14-7-5-6-12(2)17(14)19-18(23)21-20-16(22)11-10-15-9-8-13(3)24-15/h5-11H,4H2,1-3H3,(H,20,22)(H2,19,21,23)/b11-10+. The van der Waals surface area contributed by atoms with Gasteiger partial charge in [-0.05, 0) is 61.8 Å². The predicted octanol–water partition coefficient (Wildman–Crippen LogP) is 3.96. The Morgan fingerprint density at radius 2 is 2.00 bits per heavy atom. The molecular formula is C18H21N3OS2. The average Bonchev–Trinajstić information content (AvgIpc) is 2.98. The molecule has 0 radical (unpaired) electrons. The number of amides is 1. The van der Waals surface area contributed by atoms with Crippen LogP contribution in [-0.2, 0) is 11.2 Å². The second-order valence-electron chi connectivity index (χ2n) is 5.31. The number of anilines is 1. The predicted molar refractivity (Wildman–Crippen MR) is 106 cm³/mol. The van der Waals surface area contributed by atoms with Crippen LogP contribution in [0.15, 0.2) is 36.4 Å². The zero-order chi connectivity index (χ0) is 17.5. The molecule has 0 bridgehead atoms. The highest BCUT2D eigenvalue weighted by molar-refractivity contribution is 7.80. The molecule has 126 valence electrons. The number of rotatable bonds is 4. The third-order valence-electron chi connectivity index (χ3n) is 3.44. The number of hydrazine groups is 1. The quantitative estimate of drug-likeness (QED) is 0.439. The van der Waals surface area contributed by atoms with Gasteiger partial charge in [-0.2, -0.15) is 0 Å². The van der Waals surface area contributed by atoms with Crippen molar-refractivity contribution in [1.29, 1.82) is 0 Å². The van der Waals surface area contributed by atoms with Crippen LogP contribution in [0, 0.1) is 13.8 Å². The van der Waals surface area contributed by atoms with E-state index in [1.165, 1.54) is 16.5 Å². The summed E-state index contributed by atoms with van der Waals surface area (Å²) in [6, 6.07) is 10.1. The van der Waals surface area contributed by atoms with Crippen molar-refractivity contribution < 1.29 is 4.79 Å². The molecule has 1 amide bonds. The van der Waals surface area contributed by atoms with E-state index in [1.807, 2.05) is 38.1 Å². The van der Waals surface area contributed by atoms with Gasteiger partial charge in [0, 0.05) is 21.5 Å². The highest BCUT2D eigenvalue weighted by Gasteiger charge is 2.06. The summed E-state index contributed by atoms with van der Waals surface area (Å²) in [5, 5.41) is 3.50. The zero-order valence-corrected chi connectivity index (χ0v) is 15.6. The maximum absolute atomic E-state index is 11.8. The van der Waals surface area contributed by atoms with Crippen LogP contribution in [0.3, 0.4) is 0 Å². The number of benzene rings is 1.